The number of hydrazine groups is 1. The van der Waals surface area contributed by atoms with Gasteiger partial charge in [-0.3, -0.25) is 5.43 Å². The van der Waals surface area contributed by atoms with Gasteiger partial charge >= 0.3 is 6.18 Å². The summed E-state index contributed by atoms with van der Waals surface area (Å²) in [5.41, 5.74) is 2.70. The molecular weight excluding hydrogens is 157 g/mol. The molecule has 0 aromatic carbocycles. The van der Waals surface area contributed by atoms with Crippen LogP contribution in [0.4, 0.5) is 13.2 Å². The second-order valence-corrected chi connectivity index (χ2v) is 2.70. The third-order valence-electron chi connectivity index (χ3n) is 1.97. The molecule has 66 valence electrons. The first kappa shape index (κ1) is 8.80. The van der Waals surface area contributed by atoms with E-state index >= 15 is 0 Å². The van der Waals surface area contributed by atoms with Gasteiger partial charge in [-0.2, -0.15) is 13.2 Å². The van der Waals surface area contributed by atoms with Gasteiger partial charge < -0.3 is 0 Å². The van der Waals surface area contributed by atoms with Crippen molar-refractivity contribution < 1.29 is 13.2 Å². The lowest BCUT2D eigenvalue weighted by Gasteiger charge is -2.15. The number of nitrogens with zero attached hydrogens (tertiary/aromatic N) is 1. The van der Waals surface area contributed by atoms with Crippen molar-refractivity contribution in [2.24, 2.45) is 5.92 Å². The Morgan fingerprint density at radius 3 is 2.36 bits per heavy atom. The summed E-state index contributed by atoms with van der Waals surface area (Å²) in [6.45, 7) is 0.570. The van der Waals surface area contributed by atoms with Gasteiger partial charge in [0.05, 0.1) is 5.92 Å². The molecule has 1 rings (SSSR count). The maximum absolute atomic E-state index is 12.0. The Morgan fingerprint density at radius 2 is 2.09 bits per heavy atom. The van der Waals surface area contributed by atoms with Crippen LogP contribution >= 0.6 is 0 Å². The first-order valence-corrected chi connectivity index (χ1v) is 3.53. The minimum Gasteiger partial charge on any atom is -0.258 e. The quantitative estimate of drug-likeness (QED) is 0.628. The maximum Gasteiger partial charge on any atom is 0.393 e. The molecule has 0 spiro atoms. The molecule has 1 fully saturated rings. The van der Waals surface area contributed by atoms with Crippen LogP contribution in [0.2, 0.25) is 0 Å². The third kappa shape index (κ3) is 2.07. The first-order chi connectivity index (χ1) is 5.04. The van der Waals surface area contributed by atoms with Gasteiger partial charge in [-0.1, -0.05) is 0 Å². The summed E-state index contributed by atoms with van der Waals surface area (Å²) in [7, 11) is 1.64. The molecule has 5 heteroatoms. The Balaban J connectivity index is 2.42. The van der Waals surface area contributed by atoms with Crippen molar-refractivity contribution in [3.8, 4) is 0 Å². The number of halogens is 3. The fourth-order valence-corrected chi connectivity index (χ4v) is 1.23. The smallest absolute Gasteiger partial charge is 0.258 e. The Labute approximate surface area is 63.3 Å². The van der Waals surface area contributed by atoms with Gasteiger partial charge in [0, 0.05) is 13.1 Å². The Morgan fingerprint density at radius 1 is 1.45 bits per heavy atom. The second kappa shape index (κ2) is 2.98. The van der Waals surface area contributed by atoms with E-state index in [1.54, 1.807) is 12.1 Å². The number of nitrogens with one attached hydrogen (secondary N) is 1. The Kier molecular flexibility index (Phi) is 2.39. The van der Waals surface area contributed by atoms with E-state index in [4.69, 9.17) is 0 Å². The molecule has 1 heterocycles. The van der Waals surface area contributed by atoms with Crippen LogP contribution in [-0.4, -0.2) is 31.3 Å². The third-order valence-corrected chi connectivity index (χ3v) is 1.97. The summed E-state index contributed by atoms with van der Waals surface area (Å²) in [6.07, 6.45) is -3.81. The van der Waals surface area contributed by atoms with Crippen molar-refractivity contribution in [2.75, 3.05) is 20.1 Å². The first-order valence-electron chi connectivity index (χ1n) is 3.53. The monoisotopic (exact) mass is 168 g/mol. The maximum atomic E-state index is 12.0. The minimum absolute atomic E-state index is 0.0833. The standard InChI is InChI=1S/C6H11F3N2/c1-10-11-3-2-5(4-11)6(7,8)9/h5,10H,2-4H2,1H3. The highest BCUT2D eigenvalue weighted by molar-refractivity contribution is 4.77. The Bertz CT molecular complexity index is 134. The fourth-order valence-electron chi connectivity index (χ4n) is 1.23. The van der Waals surface area contributed by atoms with Crippen molar-refractivity contribution in [1.82, 2.24) is 10.4 Å². The molecule has 0 amide bonds. The summed E-state index contributed by atoms with van der Waals surface area (Å²) >= 11 is 0. The summed E-state index contributed by atoms with van der Waals surface area (Å²) < 4.78 is 36.0. The van der Waals surface area contributed by atoms with E-state index < -0.39 is 12.1 Å². The molecule has 0 radical (unpaired) electrons. The normalized spacial score (nSPS) is 27.8. The van der Waals surface area contributed by atoms with Gasteiger partial charge in [-0.15, -0.1) is 0 Å². The highest BCUT2D eigenvalue weighted by atomic mass is 19.4. The van der Waals surface area contributed by atoms with E-state index in [0.29, 0.717) is 6.54 Å². The van der Waals surface area contributed by atoms with Gasteiger partial charge in [0.2, 0.25) is 0 Å². The molecular formula is C6H11F3N2. The average molecular weight is 168 g/mol. The van der Waals surface area contributed by atoms with E-state index in [9.17, 15) is 13.2 Å². The molecule has 1 aliphatic heterocycles. The van der Waals surface area contributed by atoms with Gasteiger partial charge in [-0.25, -0.2) is 5.01 Å². The molecule has 1 N–H and O–H groups in total. The number of alkyl halides is 3. The van der Waals surface area contributed by atoms with Gasteiger partial charge in [0.25, 0.3) is 0 Å². The molecule has 2 nitrogen and oxygen atoms in total. The van der Waals surface area contributed by atoms with Crippen molar-refractivity contribution in [3.63, 3.8) is 0 Å². The van der Waals surface area contributed by atoms with Crippen molar-refractivity contribution >= 4 is 0 Å². The zero-order chi connectivity index (χ0) is 8.48. The van der Waals surface area contributed by atoms with Crippen LogP contribution in [0.1, 0.15) is 6.42 Å². The molecule has 1 unspecified atom stereocenters. The lowest BCUT2D eigenvalue weighted by molar-refractivity contribution is -0.171. The number of rotatable bonds is 1. The zero-order valence-electron chi connectivity index (χ0n) is 6.28. The lowest BCUT2D eigenvalue weighted by Crippen LogP contribution is -2.34. The lowest BCUT2D eigenvalue weighted by atomic mass is 10.1. The summed E-state index contributed by atoms with van der Waals surface area (Å²) in [4.78, 5) is 0. The van der Waals surface area contributed by atoms with Crippen LogP contribution in [0.5, 0.6) is 0 Å². The largest absolute Gasteiger partial charge is 0.393 e. The molecule has 0 aliphatic carbocycles. The number of hydrogen-bond donors (Lipinski definition) is 1. The SMILES string of the molecule is CNN1CCC(C(F)(F)F)C1. The second-order valence-electron chi connectivity index (χ2n) is 2.70. The minimum atomic E-state index is -4.02. The van der Waals surface area contributed by atoms with Crippen LogP contribution in [0, 0.1) is 5.92 Å². The summed E-state index contributed by atoms with van der Waals surface area (Å²) in [5, 5.41) is 1.58. The van der Waals surface area contributed by atoms with Crippen molar-refractivity contribution in [3.05, 3.63) is 0 Å². The molecule has 0 saturated carbocycles. The van der Waals surface area contributed by atoms with Crippen LogP contribution < -0.4 is 5.43 Å². The zero-order valence-corrected chi connectivity index (χ0v) is 6.28. The molecule has 0 aromatic heterocycles. The van der Waals surface area contributed by atoms with E-state index in [2.05, 4.69) is 5.43 Å². The van der Waals surface area contributed by atoms with Crippen LogP contribution in [-0.2, 0) is 0 Å². The molecule has 11 heavy (non-hydrogen) atoms. The van der Waals surface area contributed by atoms with E-state index in [-0.39, 0.29) is 13.0 Å². The molecule has 1 aliphatic rings. The predicted octanol–water partition coefficient (Wildman–Crippen LogP) is 1.01. The van der Waals surface area contributed by atoms with E-state index in [1.165, 1.54) is 0 Å². The average Bonchev–Trinajstić information content (AvgIpc) is 2.32. The predicted molar refractivity (Wildman–Crippen MR) is 34.8 cm³/mol. The molecule has 0 aromatic rings. The highest BCUT2D eigenvalue weighted by Crippen LogP contribution is 2.32. The fraction of sp³-hybridized carbons (Fsp3) is 1.00. The van der Waals surface area contributed by atoms with Crippen molar-refractivity contribution in [2.45, 2.75) is 12.6 Å². The Hall–Kier alpha value is -0.290. The number of hydrogen-bond acceptors (Lipinski definition) is 2. The summed E-state index contributed by atoms with van der Waals surface area (Å²) in [6, 6.07) is 0. The van der Waals surface area contributed by atoms with Gasteiger partial charge in [0.1, 0.15) is 0 Å². The van der Waals surface area contributed by atoms with E-state index in [0.717, 1.165) is 0 Å². The van der Waals surface area contributed by atoms with E-state index in [1.807, 2.05) is 0 Å². The summed E-state index contributed by atoms with van der Waals surface area (Å²) in [5.74, 6) is -1.14. The molecule has 1 atom stereocenters. The van der Waals surface area contributed by atoms with Crippen molar-refractivity contribution in [1.29, 1.82) is 0 Å². The molecule has 1 saturated heterocycles. The van der Waals surface area contributed by atoms with Crippen LogP contribution in [0.3, 0.4) is 0 Å². The van der Waals surface area contributed by atoms with Gasteiger partial charge in [0.15, 0.2) is 0 Å². The molecule has 0 bridgehead atoms. The van der Waals surface area contributed by atoms with Crippen LogP contribution in [0.25, 0.3) is 0 Å². The highest BCUT2D eigenvalue weighted by Gasteiger charge is 2.43. The van der Waals surface area contributed by atoms with Crippen LogP contribution in [0.15, 0.2) is 0 Å². The topological polar surface area (TPSA) is 15.3 Å². The van der Waals surface area contributed by atoms with Gasteiger partial charge in [-0.05, 0) is 13.5 Å².